The minimum atomic E-state index is -0.0839. The van der Waals surface area contributed by atoms with Crippen LogP contribution in [0.2, 0.25) is 0 Å². The molecule has 0 aromatic rings. The quantitative estimate of drug-likeness (QED) is 0.454. The van der Waals surface area contributed by atoms with Crippen molar-refractivity contribution in [2.75, 3.05) is 0 Å². The highest BCUT2D eigenvalue weighted by atomic mass is 16.3. The Morgan fingerprint density at radius 3 is 2.57 bits per heavy atom. The van der Waals surface area contributed by atoms with Gasteiger partial charge in [-0.25, -0.2) is 0 Å². The minimum absolute atomic E-state index is 0.0839. The predicted molar refractivity (Wildman–Crippen MR) is 128 cm³/mol. The van der Waals surface area contributed by atoms with Gasteiger partial charge in [0.25, 0.3) is 0 Å². The largest absolute Gasteiger partial charge is 0.393 e. The van der Waals surface area contributed by atoms with Crippen molar-refractivity contribution in [3.8, 4) is 0 Å². The van der Waals surface area contributed by atoms with Crippen LogP contribution in [0.3, 0.4) is 0 Å². The van der Waals surface area contributed by atoms with E-state index in [1.54, 1.807) is 11.1 Å². The molecule has 8 atom stereocenters. The van der Waals surface area contributed by atoms with Crippen LogP contribution in [-0.2, 0) is 0 Å². The highest BCUT2D eigenvalue weighted by molar-refractivity contribution is 5.25. The maximum absolute atomic E-state index is 10.2. The summed E-state index contributed by atoms with van der Waals surface area (Å²) in [4.78, 5) is 0. The van der Waals surface area contributed by atoms with E-state index < -0.39 is 0 Å². The zero-order valence-electron chi connectivity index (χ0n) is 20.7. The number of hydrogen-bond donors (Lipinski definition) is 1. The molecule has 3 fully saturated rings. The van der Waals surface area contributed by atoms with Crippen LogP contribution in [0.1, 0.15) is 106 Å². The molecule has 30 heavy (non-hydrogen) atoms. The summed E-state index contributed by atoms with van der Waals surface area (Å²) >= 11 is 0. The lowest BCUT2D eigenvalue weighted by molar-refractivity contribution is -0.0571. The molecule has 1 unspecified atom stereocenters. The monoisotopic (exact) mass is 412 g/mol. The number of allylic oxidation sites excluding steroid dienone is 3. The standard InChI is InChI=1S/C29H48O/c1-7-21(19(2)3)9-8-20(4)25-12-13-26-24-11-10-22-18-23(30)14-16-28(22,5)27(24)15-17-29(25,26)6/h7,10,19-20,23-27,30H,8-9,11-18H2,1-6H3/t20-,23?,24+,25-,26+,27+,28+,29-/m1/s1. The number of hydrogen-bond acceptors (Lipinski definition) is 1. The summed E-state index contributed by atoms with van der Waals surface area (Å²) < 4.78 is 0. The van der Waals surface area contributed by atoms with Gasteiger partial charge in [-0.15, -0.1) is 0 Å². The van der Waals surface area contributed by atoms with Gasteiger partial charge < -0.3 is 5.11 Å². The number of aliphatic hydroxyl groups is 1. The Morgan fingerprint density at radius 1 is 1.10 bits per heavy atom. The molecule has 4 aliphatic rings. The Balaban J connectivity index is 1.49. The van der Waals surface area contributed by atoms with Crippen LogP contribution in [0.15, 0.2) is 23.3 Å². The van der Waals surface area contributed by atoms with Gasteiger partial charge in [-0.3, -0.25) is 0 Å². The third-order valence-electron chi connectivity index (χ3n) is 10.8. The van der Waals surface area contributed by atoms with Gasteiger partial charge >= 0.3 is 0 Å². The van der Waals surface area contributed by atoms with Crippen molar-refractivity contribution in [2.24, 2.45) is 46.3 Å². The maximum atomic E-state index is 10.2. The third kappa shape index (κ3) is 3.66. The van der Waals surface area contributed by atoms with Crippen molar-refractivity contribution in [2.45, 2.75) is 112 Å². The summed E-state index contributed by atoms with van der Waals surface area (Å²) in [6, 6.07) is 0. The van der Waals surface area contributed by atoms with Gasteiger partial charge in [0, 0.05) is 0 Å². The van der Waals surface area contributed by atoms with Gasteiger partial charge in [-0.05, 0) is 117 Å². The molecule has 1 nitrogen and oxygen atoms in total. The van der Waals surface area contributed by atoms with Gasteiger partial charge in [-0.1, -0.05) is 57.9 Å². The van der Waals surface area contributed by atoms with Crippen molar-refractivity contribution in [1.82, 2.24) is 0 Å². The highest BCUT2D eigenvalue weighted by Crippen LogP contribution is 2.67. The van der Waals surface area contributed by atoms with E-state index in [0.717, 1.165) is 42.4 Å². The molecule has 1 heteroatoms. The fourth-order valence-electron chi connectivity index (χ4n) is 8.98. The Hall–Kier alpha value is -0.560. The number of rotatable bonds is 5. The molecule has 0 aromatic heterocycles. The fourth-order valence-corrected chi connectivity index (χ4v) is 8.98. The maximum Gasteiger partial charge on any atom is 0.0577 e. The molecule has 0 bridgehead atoms. The summed E-state index contributed by atoms with van der Waals surface area (Å²) in [5.41, 5.74) is 4.21. The van der Waals surface area contributed by atoms with E-state index in [-0.39, 0.29) is 6.10 Å². The van der Waals surface area contributed by atoms with E-state index in [2.05, 4.69) is 53.7 Å². The summed E-state index contributed by atoms with van der Waals surface area (Å²) in [5, 5.41) is 10.2. The van der Waals surface area contributed by atoms with Crippen LogP contribution < -0.4 is 0 Å². The van der Waals surface area contributed by atoms with Crippen LogP contribution in [0.5, 0.6) is 0 Å². The first-order chi connectivity index (χ1) is 14.2. The molecular weight excluding hydrogens is 364 g/mol. The summed E-state index contributed by atoms with van der Waals surface area (Å²) in [7, 11) is 0. The lowest BCUT2D eigenvalue weighted by atomic mass is 9.47. The van der Waals surface area contributed by atoms with Gasteiger partial charge in [-0.2, -0.15) is 0 Å². The van der Waals surface area contributed by atoms with E-state index in [1.807, 2.05) is 0 Å². The molecule has 0 saturated heterocycles. The second-order valence-corrected chi connectivity index (χ2v) is 12.4. The highest BCUT2D eigenvalue weighted by Gasteiger charge is 2.59. The van der Waals surface area contributed by atoms with Crippen molar-refractivity contribution in [3.05, 3.63) is 23.3 Å². The zero-order chi connectivity index (χ0) is 21.7. The molecule has 0 radical (unpaired) electrons. The minimum Gasteiger partial charge on any atom is -0.393 e. The van der Waals surface area contributed by atoms with Crippen molar-refractivity contribution >= 4 is 0 Å². The number of aliphatic hydroxyl groups excluding tert-OH is 1. The molecule has 0 amide bonds. The molecule has 4 aliphatic carbocycles. The van der Waals surface area contributed by atoms with Crippen LogP contribution in [0.4, 0.5) is 0 Å². The van der Waals surface area contributed by atoms with E-state index in [4.69, 9.17) is 0 Å². The smallest absolute Gasteiger partial charge is 0.0577 e. The van der Waals surface area contributed by atoms with E-state index in [0.29, 0.717) is 16.7 Å². The summed E-state index contributed by atoms with van der Waals surface area (Å²) in [6.07, 6.45) is 17.8. The van der Waals surface area contributed by atoms with Crippen LogP contribution in [-0.4, -0.2) is 11.2 Å². The second kappa shape index (κ2) is 8.42. The van der Waals surface area contributed by atoms with Gasteiger partial charge in [0.05, 0.1) is 6.10 Å². The molecular formula is C29H48O. The SMILES string of the molecule is CC=C(CC[C@@H](C)[C@H]1CC[C@H]2[C@@H]3CC=C4CC(O)CC[C@]4(C)[C@H]3CC[C@]12C)C(C)C. The molecule has 1 N–H and O–H groups in total. The third-order valence-corrected chi connectivity index (χ3v) is 10.8. The molecule has 170 valence electrons. The van der Waals surface area contributed by atoms with Gasteiger partial charge in [0.15, 0.2) is 0 Å². The second-order valence-electron chi connectivity index (χ2n) is 12.4. The molecule has 0 heterocycles. The van der Waals surface area contributed by atoms with Crippen LogP contribution in [0.25, 0.3) is 0 Å². The molecule has 0 aliphatic heterocycles. The molecule has 0 aromatic carbocycles. The Kier molecular flexibility index (Phi) is 6.35. The van der Waals surface area contributed by atoms with Crippen molar-refractivity contribution in [1.29, 1.82) is 0 Å². The van der Waals surface area contributed by atoms with Crippen LogP contribution in [0, 0.1) is 46.3 Å². The topological polar surface area (TPSA) is 20.2 Å². The summed E-state index contributed by atoms with van der Waals surface area (Å²) in [6.45, 7) is 14.7. The Labute approximate surface area is 186 Å². The first-order valence-corrected chi connectivity index (χ1v) is 13.2. The molecule has 3 saturated carbocycles. The lowest BCUT2D eigenvalue weighted by Gasteiger charge is -2.58. The van der Waals surface area contributed by atoms with E-state index >= 15 is 0 Å². The van der Waals surface area contributed by atoms with E-state index in [1.165, 1.54) is 51.4 Å². The number of fused-ring (bicyclic) bond motifs is 5. The van der Waals surface area contributed by atoms with Crippen LogP contribution >= 0.6 is 0 Å². The van der Waals surface area contributed by atoms with Crippen molar-refractivity contribution in [3.63, 3.8) is 0 Å². The average molecular weight is 413 g/mol. The fraction of sp³-hybridized carbons (Fsp3) is 0.862. The van der Waals surface area contributed by atoms with Gasteiger partial charge in [0.2, 0.25) is 0 Å². The predicted octanol–water partition coefficient (Wildman–Crippen LogP) is 7.94. The first kappa shape index (κ1) is 22.6. The normalized spacial score (nSPS) is 44.9. The molecule has 4 rings (SSSR count). The lowest BCUT2D eigenvalue weighted by Crippen LogP contribution is -2.50. The first-order valence-electron chi connectivity index (χ1n) is 13.2. The Bertz CT molecular complexity index is 686. The molecule has 0 spiro atoms. The Morgan fingerprint density at radius 2 is 1.87 bits per heavy atom. The van der Waals surface area contributed by atoms with Gasteiger partial charge in [0.1, 0.15) is 0 Å². The summed E-state index contributed by atoms with van der Waals surface area (Å²) in [5.74, 6) is 5.15. The zero-order valence-corrected chi connectivity index (χ0v) is 20.7. The average Bonchev–Trinajstić information content (AvgIpc) is 3.06. The van der Waals surface area contributed by atoms with Crippen molar-refractivity contribution < 1.29 is 5.11 Å². The van der Waals surface area contributed by atoms with E-state index in [9.17, 15) is 5.11 Å².